The molecule has 8 nitrogen and oxygen atoms in total. The number of rotatable bonds is 5. The van der Waals surface area contributed by atoms with E-state index in [1.165, 1.54) is 22.9 Å². The van der Waals surface area contributed by atoms with Crippen molar-refractivity contribution in [3.05, 3.63) is 64.5 Å². The van der Waals surface area contributed by atoms with Crippen molar-refractivity contribution >= 4 is 11.6 Å². The Kier molecular flexibility index (Phi) is 6.09. The molecule has 0 bridgehead atoms. The van der Waals surface area contributed by atoms with Gasteiger partial charge in [0.1, 0.15) is 11.9 Å². The SMILES string of the molecule is COc1cc(N(C)C)ccc1[C@H]1CN(c2nc(-c3ccncc3F)cc(=O)n2C)CCO1. The predicted octanol–water partition coefficient (Wildman–Crippen LogP) is 2.63. The summed E-state index contributed by atoms with van der Waals surface area (Å²) in [5.74, 6) is 0.670. The first-order valence-corrected chi connectivity index (χ1v) is 10.3. The minimum atomic E-state index is -0.523. The fraction of sp³-hybridized carbons (Fsp3) is 0.348. The summed E-state index contributed by atoms with van der Waals surface area (Å²) in [4.78, 5) is 25.0. The zero-order chi connectivity index (χ0) is 22.8. The second-order valence-corrected chi connectivity index (χ2v) is 7.82. The molecule has 2 aromatic heterocycles. The average molecular weight is 439 g/mol. The van der Waals surface area contributed by atoms with Crippen molar-refractivity contribution in [3.63, 3.8) is 0 Å². The van der Waals surface area contributed by atoms with Crippen LogP contribution >= 0.6 is 0 Å². The molecule has 1 saturated heterocycles. The highest BCUT2D eigenvalue weighted by atomic mass is 19.1. The summed E-state index contributed by atoms with van der Waals surface area (Å²) < 4.78 is 27.4. The number of methoxy groups -OCH3 is 1. The summed E-state index contributed by atoms with van der Waals surface area (Å²) in [6.45, 7) is 1.48. The van der Waals surface area contributed by atoms with Gasteiger partial charge in [-0.25, -0.2) is 9.37 Å². The zero-order valence-electron chi connectivity index (χ0n) is 18.6. The van der Waals surface area contributed by atoms with Crippen LogP contribution in [0.3, 0.4) is 0 Å². The largest absolute Gasteiger partial charge is 0.496 e. The highest BCUT2D eigenvalue weighted by Crippen LogP contribution is 2.34. The molecular weight excluding hydrogens is 413 g/mol. The highest BCUT2D eigenvalue weighted by Gasteiger charge is 2.27. The van der Waals surface area contributed by atoms with E-state index >= 15 is 0 Å². The van der Waals surface area contributed by atoms with Crippen molar-refractivity contribution in [2.45, 2.75) is 6.10 Å². The van der Waals surface area contributed by atoms with Gasteiger partial charge in [0.2, 0.25) is 5.95 Å². The lowest BCUT2D eigenvalue weighted by Gasteiger charge is -2.35. The van der Waals surface area contributed by atoms with Crippen molar-refractivity contribution in [1.82, 2.24) is 14.5 Å². The Bertz CT molecular complexity index is 1180. The number of hydrogen-bond donors (Lipinski definition) is 0. The summed E-state index contributed by atoms with van der Waals surface area (Å²) in [5, 5.41) is 0. The summed E-state index contributed by atoms with van der Waals surface area (Å²) >= 11 is 0. The van der Waals surface area contributed by atoms with E-state index < -0.39 is 5.82 Å². The van der Waals surface area contributed by atoms with Gasteiger partial charge in [0.05, 0.1) is 32.2 Å². The van der Waals surface area contributed by atoms with Gasteiger partial charge >= 0.3 is 0 Å². The molecule has 1 atom stereocenters. The summed E-state index contributed by atoms with van der Waals surface area (Å²) in [6.07, 6.45) is 2.32. The monoisotopic (exact) mass is 439 g/mol. The predicted molar refractivity (Wildman–Crippen MR) is 121 cm³/mol. The lowest BCUT2D eigenvalue weighted by molar-refractivity contribution is 0.0374. The molecule has 1 aliphatic rings. The number of aromatic nitrogens is 3. The topological polar surface area (TPSA) is 72.7 Å². The molecule has 4 rings (SSSR count). The summed E-state index contributed by atoms with van der Waals surface area (Å²) in [6, 6.07) is 8.83. The van der Waals surface area contributed by atoms with Crippen LogP contribution in [0.1, 0.15) is 11.7 Å². The number of pyridine rings is 1. The molecular formula is C23H26FN5O3. The molecule has 0 radical (unpaired) electrons. The standard InChI is InChI=1S/C23H26FN5O3/c1-27(2)15-5-6-17(20(11-15)31-4)21-14-29(9-10-32-21)23-26-19(12-22(30)28(23)3)16-7-8-25-13-18(16)24/h5-8,11-13,21H,9-10,14H2,1-4H3/t21-/m1/s1. The zero-order valence-corrected chi connectivity index (χ0v) is 18.6. The molecule has 0 saturated carbocycles. The van der Waals surface area contributed by atoms with Crippen LogP contribution in [0, 0.1) is 5.82 Å². The number of benzene rings is 1. The Hall–Kier alpha value is -3.46. The van der Waals surface area contributed by atoms with Gasteiger partial charge in [-0.3, -0.25) is 14.3 Å². The molecule has 32 heavy (non-hydrogen) atoms. The number of halogens is 1. The van der Waals surface area contributed by atoms with Gasteiger partial charge in [-0.2, -0.15) is 0 Å². The Morgan fingerprint density at radius 3 is 2.78 bits per heavy atom. The van der Waals surface area contributed by atoms with Gasteiger partial charge in [-0.15, -0.1) is 0 Å². The van der Waals surface area contributed by atoms with Crippen molar-refractivity contribution in [1.29, 1.82) is 0 Å². The molecule has 1 fully saturated rings. The molecule has 3 heterocycles. The van der Waals surface area contributed by atoms with E-state index in [-0.39, 0.29) is 22.9 Å². The van der Waals surface area contributed by atoms with Crippen LogP contribution in [0.25, 0.3) is 11.3 Å². The maximum absolute atomic E-state index is 14.3. The van der Waals surface area contributed by atoms with E-state index in [0.717, 1.165) is 23.2 Å². The molecule has 1 aliphatic heterocycles. The van der Waals surface area contributed by atoms with Crippen LogP contribution in [0.4, 0.5) is 16.0 Å². The Morgan fingerprint density at radius 1 is 1.25 bits per heavy atom. The summed E-state index contributed by atoms with van der Waals surface area (Å²) in [7, 11) is 7.24. The maximum Gasteiger partial charge on any atom is 0.255 e. The van der Waals surface area contributed by atoms with Crippen LogP contribution in [0.2, 0.25) is 0 Å². The Labute approximate surface area is 185 Å². The van der Waals surface area contributed by atoms with Gasteiger partial charge in [0.15, 0.2) is 5.82 Å². The van der Waals surface area contributed by atoms with Crippen molar-refractivity contribution in [2.24, 2.45) is 7.05 Å². The third-order valence-electron chi connectivity index (χ3n) is 5.59. The number of morpholine rings is 1. The number of ether oxygens (including phenoxy) is 2. The first kappa shape index (κ1) is 21.8. The first-order chi connectivity index (χ1) is 15.4. The van der Waals surface area contributed by atoms with Crippen LogP contribution < -0.4 is 20.1 Å². The molecule has 1 aromatic carbocycles. The van der Waals surface area contributed by atoms with Crippen LogP contribution in [0.5, 0.6) is 5.75 Å². The number of nitrogens with zero attached hydrogens (tertiary/aromatic N) is 5. The molecule has 9 heteroatoms. The lowest BCUT2D eigenvalue weighted by Crippen LogP contribution is -2.41. The maximum atomic E-state index is 14.3. The van der Waals surface area contributed by atoms with Crippen molar-refractivity contribution < 1.29 is 13.9 Å². The molecule has 0 aliphatic carbocycles. The van der Waals surface area contributed by atoms with Gasteiger partial charge in [0.25, 0.3) is 5.56 Å². The molecule has 168 valence electrons. The second-order valence-electron chi connectivity index (χ2n) is 7.82. The van der Waals surface area contributed by atoms with Crippen molar-refractivity contribution in [2.75, 3.05) is 50.7 Å². The fourth-order valence-electron chi connectivity index (χ4n) is 3.79. The quantitative estimate of drug-likeness (QED) is 0.605. The van der Waals surface area contributed by atoms with Gasteiger partial charge in [-0.05, 0) is 12.1 Å². The van der Waals surface area contributed by atoms with Crippen LogP contribution in [0.15, 0.2) is 47.5 Å². The number of anilines is 2. The molecule has 0 amide bonds. The van der Waals surface area contributed by atoms with E-state index in [0.29, 0.717) is 25.6 Å². The highest BCUT2D eigenvalue weighted by molar-refractivity contribution is 5.60. The minimum absolute atomic E-state index is 0.240. The van der Waals surface area contributed by atoms with E-state index in [2.05, 4.69) is 9.97 Å². The van der Waals surface area contributed by atoms with Gasteiger partial charge in [-0.1, -0.05) is 6.07 Å². The smallest absolute Gasteiger partial charge is 0.255 e. The van der Waals surface area contributed by atoms with Crippen LogP contribution in [-0.2, 0) is 11.8 Å². The number of hydrogen-bond acceptors (Lipinski definition) is 7. The van der Waals surface area contributed by atoms with Gasteiger partial charge in [0, 0.05) is 62.8 Å². The fourth-order valence-corrected chi connectivity index (χ4v) is 3.79. The molecule has 0 N–H and O–H groups in total. The molecule has 3 aromatic rings. The lowest BCUT2D eigenvalue weighted by atomic mass is 10.1. The second kappa shape index (κ2) is 8.96. The summed E-state index contributed by atoms with van der Waals surface area (Å²) in [5.41, 5.74) is 2.19. The van der Waals surface area contributed by atoms with E-state index in [4.69, 9.17) is 9.47 Å². The third kappa shape index (κ3) is 4.16. The molecule has 0 unspecified atom stereocenters. The van der Waals surface area contributed by atoms with E-state index in [9.17, 15) is 9.18 Å². The Morgan fingerprint density at radius 2 is 2.06 bits per heavy atom. The van der Waals surface area contributed by atoms with E-state index in [1.807, 2.05) is 42.1 Å². The average Bonchev–Trinajstić information content (AvgIpc) is 2.80. The van der Waals surface area contributed by atoms with Crippen LogP contribution in [-0.4, -0.2) is 55.4 Å². The first-order valence-electron chi connectivity index (χ1n) is 10.3. The normalized spacial score (nSPS) is 16.2. The third-order valence-corrected chi connectivity index (χ3v) is 5.59. The Balaban J connectivity index is 1.69. The minimum Gasteiger partial charge on any atom is -0.496 e. The van der Waals surface area contributed by atoms with E-state index in [1.54, 1.807) is 14.2 Å². The van der Waals surface area contributed by atoms with Crippen molar-refractivity contribution in [3.8, 4) is 17.0 Å². The molecule has 0 spiro atoms. The van der Waals surface area contributed by atoms with Gasteiger partial charge < -0.3 is 19.3 Å².